The third-order valence-corrected chi connectivity index (χ3v) is 4.05. The first-order valence-electron chi connectivity index (χ1n) is 8.36. The van der Waals surface area contributed by atoms with E-state index in [1.54, 1.807) is 16.8 Å². The van der Waals surface area contributed by atoms with Crippen LogP contribution in [0.2, 0.25) is 0 Å². The molecule has 6 heteroatoms. The maximum absolute atomic E-state index is 12.5. The fraction of sp³-hybridized carbons (Fsp3) is 0.316. The number of carbonyl (C=O) groups is 2. The lowest BCUT2D eigenvalue weighted by Crippen LogP contribution is -2.25. The molecular weight excluding hydrogens is 318 g/mol. The molecule has 1 heterocycles. The fourth-order valence-electron chi connectivity index (χ4n) is 2.55. The van der Waals surface area contributed by atoms with E-state index in [9.17, 15) is 9.59 Å². The zero-order valence-electron chi connectivity index (χ0n) is 14.1. The van der Waals surface area contributed by atoms with E-state index in [0.29, 0.717) is 24.4 Å². The summed E-state index contributed by atoms with van der Waals surface area (Å²) in [5.41, 5.74) is 2.42. The first-order chi connectivity index (χ1) is 12.2. The number of aromatic nitrogens is 2. The molecule has 130 valence electrons. The van der Waals surface area contributed by atoms with Crippen LogP contribution in [0.15, 0.2) is 48.7 Å². The molecule has 1 amide bonds. The molecule has 0 bridgehead atoms. The van der Waals surface area contributed by atoms with Crippen molar-refractivity contribution in [3.05, 3.63) is 59.9 Å². The highest BCUT2D eigenvalue weighted by Crippen LogP contribution is 2.39. The Morgan fingerprint density at radius 2 is 2.12 bits per heavy atom. The van der Waals surface area contributed by atoms with Crippen LogP contribution in [-0.4, -0.2) is 35.3 Å². The Morgan fingerprint density at radius 3 is 2.88 bits per heavy atom. The van der Waals surface area contributed by atoms with Gasteiger partial charge < -0.3 is 10.1 Å². The van der Waals surface area contributed by atoms with Crippen molar-refractivity contribution in [1.29, 1.82) is 0 Å². The Hall–Kier alpha value is -2.89. The number of para-hydroxylation sites is 1. The molecule has 0 atom stereocenters. The molecule has 2 aromatic rings. The van der Waals surface area contributed by atoms with E-state index >= 15 is 0 Å². The second-order valence-electron chi connectivity index (χ2n) is 5.95. The molecule has 0 unspecified atom stereocenters. The standard InChI is InChI=1S/C19H21N3O3/c1-25-18(23)8-4-5-12-20-19(24)15-6-2-3-7-17(15)22-13-11-16(21-22)14-9-10-14/h2-4,6-8,11,13-14H,5,9-10,12H2,1H3,(H,20,24)/b8-4+. The topological polar surface area (TPSA) is 73.2 Å². The van der Waals surface area contributed by atoms with Gasteiger partial charge in [0.1, 0.15) is 0 Å². The maximum Gasteiger partial charge on any atom is 0.330 e. The number of carbonyl (C=O) groups excluding carboxylic acids is 2. The first kappa shape index (κ1) is 17.0. The quantitative estimate of drug-likeness (QED) is 0.478. The number of hydrogen-bond donors (Lipinski definition) is 1. The van der Waals surface area contributed by atoms with Gasteiger partial charge in [0.15, 0.2) is 0 Å². The molecule has 0 aliphatic heterocycles. The summed E-state index contributed by atoms with van der Waals surface area (Å²) in [5.74, 6) is 0.0104. The zero-order valence-corrected chi connectivity index (χ0v) is 14.1. The monoisotopic (exact) mass is 339 g/mol. The van der Waals surface area contributed by atoms with E-state index in [-0.39, 0.29) is 5.91 Å². The normalized spacial score (nSPS) is 13.8. The van der Waals surface area contributed by atoms with Gasteiger partial charge in [-0.1, -0.05) is 18.2 Å². The third kappa shape index (κ3) is 4.35. The second-order valence-corrected chi connectivity index (χ2v) is 5.95. The van der Waals surface area contributed by atoms with Crippen LogP contribution in [0.5, 0.6) is 0 Å². The van der Waals surface area contributed by atoms with Gasteiger partial charge in [-0.2, -0.15) is 5.10 Å². The van der Waals surface area contributed by atoms with Gasteiger partial charge >= 0.3 is 5.97 Å². The smallest absolute Gasteiger partial charge is 0.330 e. The molecule has 0 spiro atoms. The van der Waals surface area contributed by atoms with Crippen molar-refractivity contribution < 1.29 is 14.3 Å². The minimum atomic E-state index is -0.401. The maximum atomic E-state index is 12.5. The van der Waals surface area contributed by atoms with Gasteiger partial charge in [0.25, 0.3) is 5.91 Å². The second kappa shape index (κ2) is 7.79. The number of amides is 1. The highest BCUT2D eigenvalue weighted by atomic mass is 16.5. The lowest BCUT2D eigenvalue weighted by atomic mass is 10.1. The van der Waals surface area contributed by atoms with Crippen LogP contribution in [0, 0.1) is 0 Å². The highest BCUT2D eigenvalue weighted by molar-refractivity contribution is 5.97. The lowest BCUT2D eigenvalue weighted by Gasteiger charge is -2.09. The highest BCUT2D eigenvalue weighted by Gasteiger charge is 2.26. The number of hydrogen-bond acceptors (Lipinski definition) is 4. The molecule has 25 heavy (non-hydrogen) atoms. The first-order valence-corrected chi connectivity index (χ1v) is 8.36. The van der Waals surface area contributed by atoms with E-state index in [0.717, 1.165) is 11.4 Å². The SMILES string of the molecule is COC(=O)/C=C/CCNC(=O)c1ccccc1-n1ccc(C2CC2)n1. The van der Waals surface area contributed by atoms with Crippen molar-refractivity contribution in [2.45, 2.75) is 25.2 Å². The number of methoxy groups -OCH3 is 1. The van der Waals surface area contributed by atoms with E-state index in [1.807, 2.05) is 30.5 Å². The molecule has 1 aromatic heterocycles. The van der Waals surface area contributed by atoms with Gasteiger partial charge in [0.05, 0.1) is 24.1 Å². The molecule has 1 aliphatic rings. The van der Waals surface area contributed by atoms with Gasteiger partial charge in [-0.3, -0.25) is 4.79 Å². The summed E-state index contributed by atoms with van der Waals surface area (Å²) in [6.07, 6.45) is 7.86. The van der Waals surface area contributed by atoms with Crippen LogP contribution in [0.1, 0.15) is 41.2 Å². The summed E-state index contributed by atoms with van der Waals surface area (Å²) < 4.78 is 6.28. The number of rotatable bonds is 7. The number of benzene rings is 1. The van der Waals surface area contributed by atoms with E-state index in [1.165, 1.54) is 26.0 Å². The van der Waals surface area contributed by atoms with Crippen molar-refractivity contribution in [2.24, 2.45) is 0 Å². The predicted octanol–water partition coefficient (Wildman–Crippen LogP) is 2.60. The molecule has 0 saturated heterocycles. The van der Waals surface area contributed by atoms with Crippen LogP contribution < -0.4 is 5.32 Å². The number of nitrogens with zero attached hydrogens (tertiary/aromatic N) is 2. The Morgan fingerprint density at radius 1 is 1.32 bits per heavy atom. The Labute approximate surface area is 146 Å². The largest absolute Gasteiger partial charge is 0.466 e. The van der Waals surface area contributed by atoms with Crippen molar-refractivity contribution in [1.82, 2.24) is 15.1 Å². The van der Waals surface area contributed by atoms with Crippen molar-refractivity contribution in [3.63, 3.8) is 0 Å². The summed E-state index contributed by atoms with van der Waals surface area (Å²) in [6.45, 7) is 0.438. The van der Waals surface area contributed by atoms with Gasteiger partial charge in [0, 0.05) is 24.7 Å². The number of ether oxygens (including phenoxy) is 1. The zero-order chi connectivity index (χ0) is 17.6. The summed E-state index contributed by atoms with van der Waals surface area (Å²) in [7, 11) is 1.33. The van der Waals surface area contributed by atoms with Crippen molar-refractivity contribution in [2.75, 3.05) is 13.7 Å². The summed E-state index contributed by atoms with van der Waals surface area (Å²) in [4.78, 5) is 23.5. The molecule has 1 N–H and O–H groups in total. The summed E-state index contributed by atoms with van der Waals surface area (Å²) in [6, 6.07) is 9.41. The summed E-state index contributed by atoms with van der Waals surface area (Å²) >= 11 is 0. The average Bonchev–Trinajstić information content (AvgIpc) is 3.38. The van der Waals surface area contributed by atoms with E-state index in [4.69, 9.17) is 0 Å². The summed E-state index contributed by atoms with van der Waals surface area (Å²) in [5, 5.41) is 7.46. The molecule has 3 rings (SSSR count). The predicted molar refractivity (Wildman–Crippen MR) is 93.6 cm³/mol. The molecule has 1 saturated carbocycles. The van der Waals surface area contributed by atoms with E-state index < -0.39 is 5.97 Å². The number of esters is 1. The van der Waals surface area contributed by atoms with Gasteiger partial charge in [-0.05, 0) is 37.5 Å². The van der Waals surface area contributed by atoms with Crippen LogP contribution in [0.3, 0.4) is 0 Å². The van der Waals surface area contributed by atoms with Crippen LogP contribution in [-0.2, 0) is 9.53 Å². The van der Waals surface area contributed by atoms with E-state index in [2.05, 4.69) is 15.2 Å². The van der Waals surface area contributed by atoms with Crippen molar-refractivity contribution in [3.8, 4) is 5.69 Å². The molecular formula is C19H21N3O3. The molecule has 1 aromatic carbocycles. The number of nitrogens with one attached hydrogen (secondary N) is 1. The Bertz CT molecular complexity index is 791. The van der Waals surface area contributed by atoms with Crippen LogP contribution in [0.4, 0.5) is 0 Å². The minimum absolute atomic E-state index is 0.162. The van der Waals surface area contributed by atoms with Crippen LogP contribution >= 0.6 is 0 Å². The van der Waals surface area contributed by atoms with Gasteiger partial charge in [-0.25, -0.2) is 9.48 Å². The molecule has 6 nitrogen and oxygen atoms in total. The van der Waals surface area contributed by atoms with Crippen molar-refractivity contribution >= 4 is 11.9 Å². The average molecular weight is 339 g/mol. The molecule has 1 aliphatic carbocycles. The van der Waals surface area contributed by atoms with Crippen LogP contribution in [0.25, 0.3) is 5.69 Å². The fourth-order valence-corrected chi connectivity index (χ4v) is 2.55. The minimum Gasteiger partial charge on any atom is -0.466 e. The van der Waals surface area contributed by atoms with Gasteiger partial charge in [-0.15, -0.1) is 0 Å². The van der Waals surface area contributed by atoms with Gasteiger partial charge in [0.2, 0.25) is 0 Å². The molecule has 0 radical (unpaired) electrons. The Balaban J connectivity index is 1.64. The lowest BCUT2D eigenvalue weighted by molar-refractivity contribution is -0.134. The third-order valence-electron chi connectivity index (χ3n) is 4.05. The molecule has 1 fully saturated rings. The Kier molecular flexibility index (Phi) is 5.28.